The zero-order chi connectivity index (χ0) is 34.2. The Labute approximate surface area is 298 Å². The van der Waals surface area contributed by atoms with Gasteiger partial charge in [0, 0.05) is 38.5 Å². The Balaban J connectivity index is 1.26. The highest BCUT2D eigenvalue weighted by atomic mass is 15.0. The average molecular weight is 664 g/mol. The molecule has 5 heteroatoms. The fourth-order valence-corrected chi connectivity index (χ4v) is 7.95. The van der Waals surface area contributed by atoms with Crippen molar-refractivity contribution in [2.24, 2.45) is 0 Å². The lowest BCUT2D eigenvalue weighted by Gasteiger charge is -2.15. The van der Waals surface area contributed by atoms with E-state index < -0.39 is 0 Å². The molecule has 0 unspecified atom stereocenters. The van der Waals surface area contributed by atoms with E-state index in [4.69, 9.17) is 15.0 Å². The molecule has 0 fully saturated rings. The van der Waals surface area contributed by atoms with E-state index in [1.807, 2.05) is 60.7 Å². The van der Waals surface area contributed by atoms with E-state index in [0.29, 0.717) is 17.5 Å². The monoisotopic (exact) mass is 663 g/mol. The zero-order valence-electron chi connectivity index (χ0n) is 28.0. The maximum Gasteiger partial charge on any atom is 0.164 e. The van der Waals surface area contributed by atoms with Gasteiger partial charge in [0.25, 0.3) is 0 Å². The van der Waals surface area contributed by atoms with Crippen LogP contribution in [0.25, 0.3) is 99.8 Å². The second kappa shape index (κ2) is 11.2. The van der Waals surface area contributed by atoms with Gasteiger partial charge >= 0.3 is 0 Å². The third kappa shape index (κ3) is 4.33. The van der Waals surface area contributed by atoms with Crippen molar-refractivity contribution in [2.45, 2.75) is 0 Å². The first-order valence-corrected chi connectivity index (χ1v) is 17.5. The SMILES string of the molecule is c1ccc(-c2nc(-c3ccccc3)nc(-c3cccc(-n4c5cccc6ccc7c8ccccc8n(c8cc9ccccc9cc84)c7c65)c3)n2)cc1. The third-order valence-corrected chi connectivity index (χ3v) is 10.3. The largest absolute Gasteiger partial charge is 0.308 e. The van der Waals surface area contributed by atoms with Crippen LogP contribution < -0.4 is 0 Å². The van der Waals surface area contributed by atoms with Crippen LogP contribution in [-0.2, 0) is 0 Å². The van der Waals surface area contributed by atoms with Gasteiger partial charge in [0.1, 0.15) is 0 Å². The minimum atomic E-state index is 0.626. The van der Waals surface area contributed by atoms with Gasteiger partial charge in [-0.25, -0.2) is 15.0 Å². The van der Waals surface area contributed by atoms with Gasteiger partial charge in [-0.3, -0.25) is 0 Å². The van der Waals surface area contributed by atoms with Crippen LogP contribution >= 0.6 is 0 Å². The van der Waals surface area contributed by atoms with Crippen molar-refractivity contribution in [3.05, 3.63) is 176 Å². The molecule has 0 saturated heterocycles. The summed E-state index contributed by atoms with van der Waals surface area (Å²) in [6.07, 6.45) is 0. The third-order valence-electron chi connectivity index (χ3n) is 10.3. The summed E-state index contributed by atoms with van der Waals surface area (Å²) in [5.74, 6) is 1.91. The number of aromatic nitrogens is 5. The van der Waals surface area contributed by atoms with E-state index in [1.165, 1.54) is 43.4 Å². The maximum atomic E-state index is 5.07. The van der Waals surface area contributed by atoms with Crippen LogP contribution in [0.1, 0.15) is 0 Å². The summed E-state index contributed by atoms with van der Waals surface area (Å²) in [6, 6.07) is 62.2. The first-order valence-electron chi connectivity index (χ1n) is 17.5. The first kappa shape index (κ1) is 28.7. The first-order chi connectivity index (χ1) is 25.8. The van der Waals surface area contributed by atoms with Crippen LogP contribution in [-0.4, -0.2) is 23.9 Å². The summed E-state index contributed by atoms with van der Waals surface area (Å²) in [5, 5.41) is 7.31. The molecule has 0 aliphatic carbocycles. The minimum Gasteiger partial charge on any atom is -0.308 e. The molecule has 11 aromatic rings. The van der Waals surface area contributed by atoms with Gasteiger partial charge in [-0.15, -0.1) is 0 Å². The number of benzene rings is 8. The Morgan fingerprint density at radius 2 is 0.904 bits per heavy atom. The van der Waals surface area contributed by atoms with Crippen LogP contribution in [0, 0.1) is 0 Å². The molecule has 11 rings (SSSR count). The lowest BCUT2D eigenvalue weighted by molar-refractivity contribution is 1.07. The molecule has 0 amide bonds. The summed E-state index contributed by atoms with van der Waals surface area (Å²) in [7, 11) is 0. The zero-order valence-corrected chi connectivity index (χ0v) is 28.0. The minimum absolute atomic E-state index is 0.626. The summed E-state index contributed by atoms with van der Waals surface area (Å²) in [4.78, 5) is 15.1. The highest BCUT2D eigenvalue weighted by molar-refractivity contribution is 6.24. The van der Waals surface area contributed by atoms with E-state index in [-0.39, 0.29) is 0 Å². The Morgan fingerprint density at radius 1 is 0.346 bits per heavy atom. The molecule has 242 valence electrons. The number of hydrogen-bond acceptors (Lipinski definition) is 3. The van der Waals surface area contributed by atoms with Crippen LogP contribution in [0.2, 0.25) is 0 Å². The molecule has 0 aliphatic heterocycles. The van der Waals surface area contributed by atoms with Crippen molar-refractivity contribution in [3.8, 4) is 39.9 Å². The fourth-order valence-electron chi connectivity index (χ4n) is 7.95. The van der Waals surface area contributed by atoms with Gasteiger partial charge in [-0.1, -0.05) is 140 Å². The molecule has 0 spiro atoms. The van der Waals surface area contributed by atoms with E-state index in [9.17, 15) is 0 Å². The normalized spacial score (nSPS) is 11.8. The number of para-hydroxylation sites is 1. The highest BCUT2D eigenvalue weighted by Crippen LogP contribution is 2.41. The van der Waals surface area contributed by atoms with Crippen LogP contribution in [0.5, 0.6) is 0 Å². The molecule has 0 N–H and O–H groups in total. The topological polar surface area (TPSA) is 48.0 Å². The van der Waals surface area contributed by atoms with Crippen LogP contribution in [0.15, 0.2) is 176 Å². The lowest BCUT2D eigenvalue weighted by Crippen LogP contribution is -2.02. The summed E-state index contributed by atoms with van der Waals surface area (Å²) < 4.78 is 4.90. The summed E-state index contributed by atoms with van der Waals surface area (Å²) in [6.45, 7) is 0. The van der Waals surface area contributed by atoms with Gasteiger partial charge in [0.05, 0.1) is 27.6 Å². The molecule has 0 radical (unpaired) electrons. The van der Waals surface area contributed by atoms with Gasteiger partial charge in [-0.05, 0) is 52.6 Å². The number of hydrogen-bond donors (Lipinski definition) is 0. The summed E-state index contributed by atoms with van der Waals surface area (Å²) in [5.41, 5.74) is 9.62. The Morgan fingerprint density at radius 3 is 1.63 bits per heavy atom. The molecular formula is C47H29N5. The van der Waals surface area contributed by atoms with Crippen molar-refractivity contribution in [2.75, 3.05) is 0 Å². The van der Waals surface area contributed by atoms with E-state index in [2.05, 4.69) is 124 Å². The van der Waals surface area contributed by atoms with E-state index in [0.717, 1.165) is 38.9 Å². The molecule has 0 atom stereocenters. The number of nitrogens with zero attached hydrogens (tertiary/aromatic N) is 5. The fraction of sp³-hybridized carbons (Fsp3) is 0. The molecule has 52 heavy (non-hydrogen) atoms. The standard InChI is InChI=1S/C47H29N5/c1-3-13-31(14-4-1)45-48-46(32-15-5-2-6-16-32)50-47(49-45)35-20-11-21-36(27-35)51-40-24-12-19-30-25-26-38-37-22-9-10-23-39(37)52(44(38)43(30)40)42-29-34-18-8-7-17-33(34)28-41(42)51/h1-29H. The van der Waals surface area contributed by atoms with Crippen molar-refractivity contribution in [1.82, 2.24) is 23.9 Å². The van der Waals surface area contributed by atoms with Gasteiger partial charge in [0.2, 0.25) is 0 Å². The highest BCUT2D eigenvalue weighted by Gasteiger charge is 2.20. The molecule has 0 aliphatic rings. The summed E-state index contributed by atoms with van der Waals surface area (Å²) >= 11 is 0. The second-order valence-electron chi connectivity index (χ2n) is 13.3. The molecule has 8 aromatic carbocycles. The van der Waals surface area contributed by atoms with Crippen LogP contribution in [0.4, 0.5) is 0 Å². The molecular weight excluding hydrogens is 635 g/mol. The number of rotatable bonds is 4. The molecule has 0 bridgehead atoms. The quantitative estimate of drug-likeness (QED) is 0.188. The van der Waals surface area contributed by atoms with Gasteiger partial charge in [-0.2, -0.15) is 0 Å². The Bertz CT molecular complexity index is 3120. The lowest BCUT2D eigenvalue weighted by atomic mass is 10.0. The maximum absolute atomic E-state index is 5.07. The van der Waals surface area contributed by atoms with E-state index in [1.54, 1.807) is 0 Å². The molecule has 3 aromatic heterocycles. The molecule has 3 heterocycles. The smallest absolute Gasteiger partial charge is 0.164 e. The Hall–Kier alpha value is -7.11. The van der Waals surface area contributed by atoms with Gasteiger partial charge in [0.15, 0.2) is 17.5 Å². The number of fused-ring (bicyclic) bond motifs is 6. The van der Waals surface area contributed by atoms with Gasteiger partial charge < -0.3 is 8.97 Å². The van der Waals surface area contributed by atoms with Crippen LogP contribution in [0.3, 0.4) is 0 Å². The van der Waals surface area contributed by atoms with Crippen molar-refractivity contribution < 1.29 is 0 Å². The second-order valence-corrected chi connectivity index (χ2v) is 13.3. The predicted molar refractivity (Wildman–Crippen MR) is 214 cm³/mol. The molecule has 5 nitrogen and oxygen atoms in total. The van der Waals surface area contributed by atoms with Crippen molar-refractivity contribution in [1.29, 1.82) is 0 Å². The average Bonchev–Trinajstić information content (AvgIpc) is 3.49. The van der Waals surface area contributed by atoms with Crippen molar-refractivity contribution >= 4 is 59.9 Å². The molecule has 0 saturated carbocycles. The Kier molecular flexibility index (Phi) is 6.18. The van der Waals surface area contributed by atoms with Crippen molar-refractivity contribution in [3.63, 3.8) is 0 Å². The van der Waals surface area contributed by atoms with E-state index >= 15 is 0 Å². The predicted octanol–water partition coefficient (Wildman–Crippen LogP) is 11.7.